The van der Waals surface area contributed by atoms with Gasteiger partial charge in [0.05, 0.1) is 5.03 Å². The maximum atomic E-state index is 8.74. The quantitative estimate of drug-likeness (QED) is 0.189. The Labute approximate surface area is 123 Å². The van der Waals surface area contributed by atoms with E-state index in [0.29, 0.717) is 5.84 Å². The summed E-state index contributed by atoms with van der Waals surface area (Å²) >= 11 is 1.81. The molecule has 0 aliphatic rings. The van der Waals surface area contributed by atoms with E-state index in [1.165, 1.54) is 15.9 Å². The van der Waals surface area contributed by atoms with Crippen LogP contribution in [0.5, 0.6) is 0 Å². The molecule has 4 N–H and O–H groups in total. The second-order valence-corrected chi connectivity index (χ2v) is 6.68. The zero-order valence-corrected chi connectivity index (χ0v) is 12.7. The number of para-hydroxylation sites is 1. The summed E-state index contributed by atoms with van der Waals surface area (Å²) in [6.45, 7) is 3.99. The molecule has 4 nitrogen and oxygen atoms in total. The molecule has 2 aromatic rings. The second-order valence-electron chi connectivity index (χ2n) is 5.54. The molecule has 0 aliphatic carbocycles. The van der Waals surface area contributed by atoms with Crippen LogP contribution < -0.4 is 5.73 Å². The van der Waals surface area contributed by atoms with E-state index in [9.17, 15) is 0 Å². The van der Waals surface area contributed by atoms with Gasteiger partial charge in [-0.25, -0.2) is 0 Å². The number of hydrogen-bond acceptors (Lipinski definition) is 3. The monoisotopic (exact) mass is 291 g/mol. The molecule has 0 atom stereocenters. The molecule has 0 radical (unpaired) electrons. The molecule has 0 fully saturated rings. The van der Waals surface area contributed by atoms with Gasteiger partial charge in [-0.1, -0.05) is 37.2 Å². The minimum atomic E-state index is -0.254. The van der Waals surface area contributed by atoms with Crippen LogP contribution >= 0.6 is 11.8 Å². The van der Waals surface area contributed by atoms with Crippen molar-refractivity contribution >= 4 is 28.5 Å². The lowest BCUT2D eigenvalue weighted by molar-refractivity contribution is 0.305. The van der Waals surface area contributed by atoms with E-state index >= 15 is 0 Å². The summed E-state index contributed by atoms with van der Waals surface area (Å²) in [5, 5.41) is 14.3. The summed E-state index contributed by atoms with van der Waals surface area (Å²) < 4.78 is 0. The molecule has 0 aliphatic heterocycles. The molecule has 1 aromatic carbocycles. The number of nitrogens with one attached hydrogen (secondary N) is 1. The number of hydrogen-bond donors (Lipinski definition) is 3. The minimum Gasteiger partial charge on any atom is -0.409 e. The number of rotatable bonds is 6. The van der Waals surface area contributed by atoms with Crippen molar-refractivity contribution in [1.29, 1.82) is 0 Å². The lowest BCUT2D eigenvalue weighted by Crippen LogP contribution is -2.31. The maximum Gasteiger partial charge on any atom is 0.144 e. The van der Waals surface area contributed by atoms with Gasteiger partial charge >= 0.3 is 0 Å². The zero-order valence-electron chi connectivity index (χ0n) is 11.9. The second kappa shape index (κ2) is 6.22. The van der Waals surface area contributed by atoms with Crippen molar-refractivity contribution < 1.29 is 5.21 Å². The normalized spacial score (nSPS) is 13.0. The molecule has 108 valence electrons. The average molecular weight is 291 g/mol. The van der Waals surface area contributed by atoms with E-state index in [4.69, 9.17) is 10.9 Å². The number of nitrogens with zero attached hydrogens (tertiary/aromatic N) is 1. The number of nitrogens with two attached hydrogens (primary N) is 1. The molecule has 0 unspecified atom stereocenters. The molecule has 1 heterocycles. The largest absolute Gasteiger partial charge is 0.409 e. The summed E-state index contributed by atoms with van der Waals surface area (Å²) in [5.41, 5.74) is 6.60. The molecule has 1 aromatic heterocycles. The number of benzene rings is 1. The summed E-state index contributed by atoms with van der Waals surface area (Å²) in [6, 6.07) is 10.4. The predicted molar refractivity (Wildman–Crippen MR) is 85.4 cm³/mol. The van der Waals surface area contributed by atoms with Gasteiger partial charge in [0, 0.05) is 16.3 Å². The van der Waals surface area contributed by atoms with Crippen LogP contribution in [0.1, 0.15) is 26.7 Å². The van der Waals surface area contributed by atoms with Crippen molar-refractivity contribution in [3.05, 3.63) is 30.3 Å². The molecule has 0 saturated carbocycles. The van der Waals surface area contributed by atoms with Crippen LogP contribution in [-0.2, 0) is 0 Å². The Kier molecular flexibility index (Phi) is 4.60. The van der Waals surface area contributed by atoms with Crippen LogP contribution in [0.4, 0.5) is 0 Å². The molecule has 5 heteroatoms. The third-order valence-electron chi connectivity index (χ3n) is 3.51. The number of fused-ring (bicyclic) bond motifs is 1. The van der Waals surface area contributed by atoms with Gasteiger partial charge < -0.3 is 15.9 Å². The van der Waals surface area contributed by atoms with Gasteiger partial charge in [0.1, 0.15) is 5.84 Å². The Hall–Kier alpha value is -1.62. The van der Waals surface area contributed by atoms with Gasteiger partial charge in [-0.3, -0.25) is 0 Å². The van der Waals surface area contributed by atoms with E-state index in [2.05, 4.69) is 28.3 Å². The fourth-order valence-electron chi connectivity index (χ4n) is 2.08. The fraction of sp³-hybridized carbons (Fsp3) is 0.400. The van der Waals surface area contributed by atoms with E-state index < -0.39 is 0 Å². The summed E-state index contributed by atoms with van der Waals surface area (Å²) in [4.78, 5) is 3.40. The van der Waals surface area contributed by atoms with Crippen molar-refractivity contribution in [2.24, 2.45) is 16.3 Å². The smallest absolute Gasteiger partial charge is 0.144 e. The zero-order chi connectivity index (χ0) is 14.6. The van der Waals surface area contributed by atoms with Crippen molar-refractivity contribution in [3.8, 4) is 0 Å². The highest BCUT2D eigenvalue weighted by Crippen LogP contribution is 2.27. The average Bonchev–Trinajstić information content (AvgIpc) is 2.85. The number of aromatic amines is 1. The van der Waals surface area contributed by atoms with E-state index in [1.807, 2.05) is 37.7 Å². The van der Waals surface area contributed by atoms with Crippen molar-refractivity contribution in [2.75, 3.05) is 5.75 Å². The molecule has 0 spiro atoms. The van der Waals surface area contributed by atoms with Crippen molar-refractivity contribution in [2.45, 2.75) is 31.7 Å². The Balaban J connectivity index is 1.84. The van der Waals surface area contributed by atoms with Gasteiger partial charge in [-0.2, -0.15) is 0 Å². The SMILES string of the molecule is CC(C)(CCCSc1cc2ccccc2[nH]1)/C(N)=N/O. The first-order chi connectivity index (χ1) is 9.53. The van der Waals surface area contributed by atoms with Gasteiger partial charge in [0.25, 0.3) is 0 Å². The van der Waals surface area contributed by atoms with Gasteiger partial charge in [0.2, 0.25) is 0 Å². The fourth-order valence-corrected chi connectivity index (χ4v) is 2.99. The van der Waals surface area contributed by atoms with Gasteiger partial charge in [-0.05, 0) is 30.7 Å². The van der Waals surface area contributed by atoms with Crippen LogP contribution in [-0.4, -0.2) is 21.8 Å². The van der Waals surface area contributed by atoms with Crippen LogP contribution in [0.3, 0.4) is 0 Å². The molecule has 20 heavy (non-hydrogen) atoms. The topological polar surface area (TPSA) is 74.4 Å². The Morgan fingerprint density at radius 1 is 1.40 bits per heavy atom. The minimum absolute atomic E-state index is 0.254. The Bertz CT molecular complexity index is 571. The maximum absolute atomic E-state index is 8.74. The highest BCUT2D eigenvalue weighted by molar-refractivity contribution is 7.99. The van der Waals surface area contributed by atoms with E-state index in [1.54, 1.807) is 0 Å². The van der Waals surface area contributed by atoms with Gasteiger partial charge in [0.15, 0.2) is 0 Å². The Morgan fingerprint density at radius 2 is 2.15 bits per heavy atom. The Morgan fingerprint density at radius 3 is 2.85 bits per heavy atom. The first-order valence-corrected chi connectivity index (χ1v) is 7.70. The highest BCUT2D eigenvalue weighted by atomic mass is 32.2. The third-order valence-corrected chi connectivity index (χ3v) is 4.53. The van der Waals surface area contributed by atoms with Crippen LogP contribution in [0.25, 0.3) is 10.9 Å². The lowest BCUT2D eigenvalue weighted by atomic mass is 9.87. The summed E-state index contributed by atoms with van der Waals surface area (Å²) in [6.07, 6.45) is 1.92. The number of oxime groups is 1. The van der Waals surface area contributed by atoms with Crippen molar-refractivity contribution in [3.63, 3.8) is 0 Å². The highest BCUT2D eigenvalue weighted by Gasteiger charge is 2.22. The van der Waals surface area contributed by atoms with E-state index in [-0.39, 0.29) is 5.41 Å². The molecular weight excluding hydrogens is 270 g/mol. The lowest BCUT2D eigenvalue weighted by Gasteiger charge is -2.22. The number of amidine groups is 1. The summed E-state index contributed by atoms with van der Waals surface area (Å²) in [7, 11) is 0. The standard InChI is InChI=1S/C15H21N3OS/c1-15(2,14(16)18-19)8-5-9-20-13-10-11-6-3-4-7-12(11)17-13/h3-4,6-7,10,17,19H,5,8-9H2,1-2H3,(H2,16,18). The summed E-state index contributed by atoms with van der Waals surface area (Å²) in [5.74, 6) is 1.31. The number of thioether (sulfide) groups is 1. The predicted octanol–water partition coefficient (Wildman–Crippen LogP) is 3.81. The molecule has 0 amide bonds. The molecule has 0 saturated heterocycles. The van der Waals surface area contributed by atoms with Crippen LogP contribution in [0.15, 0.2) is 40.5 Å². The third kappa shape index (κ3) is 3.48. The molecule has 0 bridgehead atoms. The molecular formula is C15H21N3OS. The number of H-pyrrole nitrogens is 1. The van der Waals surface area contributed by atoms with E-state index in [0.717, 1.165) is 18.6 Å². The van der Waals surface area contributed by atoms with Crippen LogP contribution in [0, 0.1) is 5.41 Å². The van der Waals surface area contributed by atoms with Gasteiger partial charge in [-0.15, -0.1) is 11.8 Å². The first-order valence-electron chi connectivity index (χ1n) is 6.71. The molecule has 2 rings (SSSR count). The van der Waals surface area contributed by atoms with Crippen molar-refractivity contribution in [1.82, 2.24) is 4.98 Å². The van der Waals surface area contributed by atoms with Crippen LogP contribution in [0.2, 0.25) is 0 Å². The first kappa shape index (κ1) is 14.8. The number of aromatic nitrogens is 1.